The first-order valence-electron chi connectivity index (χ1n) is 6.53. The molecule has 1 atom stereocenters. The van der Waals surface area contributed by atoms with E-state index in [0.717, 1.165) is 31.4 Å². The maximum atomic E-state index is 5.98. The van der Waals surface area contributed by atoms with E-state index in [4.69, 9.17) is 10.5 Å². The predicted molar refractivity (Wildman–Crippen MR) is 71.4 cm³/mol. The minimum atomic E-state index is -0.0136. The van der Waals surface area contributed by atoms with Gasteiger partial charge in [-0.1, -0.05) is 12.1 Å². The van der Waals surface area contributed by atoms with Gasteiger partial charge in [-0.15, -0.1) is 0 Å². The number of nitrogens with two attached hydrogens (primary N) is 1. The van der Waals surface area contributed by atoms with E-state index in [-0.39, 0.29) is 11.6 Å². The first kappa shape index (κ1) is 12.4. The van der Waals surface area contributed by atoms with Gasteiger partial charge in [0.15, 0.2) is 0 Å². The van der Waals surface area contributed by atoms with Crippen molar-refractivity contribution in [3.63, 3.8) is 0 Å². The average molecular weight is 233 g/mol. The molecule has 2 heteroatoms. The SMILES string of the molecule is C[C@H](N)CCc1ccc2c(c1)CCC(C)(C)O2. The van der Waals surface area contributed by atoms with Gasteiger partial charge in [-0.05, 0) is 63.6 Å². The smallest absolute Gasteiger partial charge is 0.123 e. The number of fused-ring (bicyclic) bond motifs is 1. The monoisotopic (exact) mass is 233 g/mol. The first-order valence-corrected chi connectivity index (χ1v) is 6.53. The van der Waals surface area contributed by atoms with Crippen LogP contribution in [0.15, 0.2) is 18.2 Å². The molecule has 1 aromatic carbocycles. The van der Waals surface area contributed by atoms with E-state index >= 15 is 0 Å². The van der Waals surface area contributed by atoms with Gasteiger partial charge >= 0.3 is 0 Å². The maximum Gasteiger partial charge on any atom is 0.123 e. The number of aryl methyl sites for hydroxylation is 2. The van der Waals surface area contributed by atoms with Crippen LogP contribution in [0.25, 0.3) is 0 Å². The van der Waals surface area contributed by atoms with Crippen LogP contribution in [0.4, 0.5) is 0 Å². The Morgan fingerprint density at radius 1 is 1.41 bits per heavy atom. The molecule has 17 heavy (non-hydrogen) atoms. The molecule has 2 nitrogen and oxygen atoms in total. The van der Waals surface area contributed by atoms with Gasteiger partial charge in [0.1, 0.15) is 11.4 Å². The Balaban J connectivity index is 2.10. The summed E-state index contributed by atoms with van der Waals surface area (Å²) in [6, 6.07) is 6.85. The van der Waals surface area contributed by atoms with E-state index in [1.165, 1.54) is 11.1 Å². The molecule has 94 valence electrons. The van der Waals surface area contributed by atoms with Crippen LogP contribution in [0.3, 0.4) is 0 Å². The zero-order valence-electron chi connectivity index (χ0n) is 11.1. The molecule has 0 fully saturated rings. The Morgan fingerprint density at radius 2 is 2.18 bits per heavy atom. The van der Waals surface area contributed by atoms with Crippen LogP contribution in [0, 0.1) is 0 Å². The molecule has 2 rings (SSSR count). The molecule has 1 aliphatic heterocycles. The van der Waals surface area contributed by atoms with Crippen LogP contribution in [-0.2, 0) is 12.8 Å². The highest BCUT2D eigenvalue weighted by Crippen LogP contribution is 2.33. The van der Waals surface area contributed by atoms with Crippen molar-refractivity contribution in [1.82, 2.24) is 0 Å². The van der Waals surface area contributed by atoms with Gasteiger partial charge in [-0.25, -0.2) is 0 Å². The lowest BCUT2D eigenvalue weighted by Gasteiger charge is -2.32. The van der Waals surface area contributed by atoms with E-state index in [2.05, 4.69) is 39.0 Å². The van der Waals surface area contributed by atoms with Crippen molar-refractivity contribution in [2.45, 2.75) is 58.1 Å². The Hall–Kier alpha value is -1.02. The molecule has 0 saturated heterocycles. The minimum Gasteiger partial charge on any atom is -0.488 e. The Bertz CT molecular complexity index is 396. The zero-order valence-corrected chi connectivity index (χ0v) is 11.1. The van der Waals surface area contributed by atoms with Crippen molar-refractivity contribution in [3.8, 4) is 5.75 Å². The van der Waals surface area contributed by atoms with Crippen molar-refractivity contribution < 1.29 is 4.74 Å². The molecular formula is C15H23NO. The quantitative estimate of drug-likeness (QED) is 0.870. The van der Waals surface area contributed by atoms with Gasteiger partial charge in [-0.2, -0.15) is 0 Å². The number of ether oxygens (including phenoxy) is 1. The predicted octanol–water partition coefficient (Wildman–Crippen LogP) is 3.07. The van der Waals surface area contributed by atoms with Crippen molar-refractivity contribution in [2.75, 3.05) is 0 Å². The minimum absolute atomic E-state index is 0.0136. The summed E-state index contributed by atoms with van der Waals surface area (Å²) in [5.41, 5.74) is 8.51. The van der Waals surface area contributed by atoms with Crippen LogP contribution in [0.5, 0.6) is 5.75 Å². The lowest BCUT2D eigenvalue weighted by atomic mass is 9.92. The van der Waals surface area contributed by atoms with Crippen LogP contribution >= 0.6 is 0 Å². The molecule has 0 spiro atoms. The fourth-order valence-corrected chi connectivity index (χ4v) is 2.26. The molecule has 0 aromatic heterocycles. The second kappa shape index (κ2) is 4.69. The first-order chi connectivity index (χ1) is 7.96. The van der Waals surface area contributed by atoms with Gasteiger partial charge in [0.2, 0.25) is 0 Å². The molecule has 1 aromatic rings. The molecule has 0 saturated carbocycles. The van der Waals surface area contributed by atoms with E-state index in [9.17, 15) is 0 Å². The van der Waals surface area contributed by atoms with Crippen molar-refractivity contribution >= 4 is 0 Å². The van der Waals surface area contributed by atoms with Crippen LogP contribution in [-0.4, -0.2) is 11.6 Å². The van der Waals surface area contributed by atoms with E-state index < -0.39 is 0 Å². The number of hydrogen-bond donors (Lipinski definition) is 1. The zero-order chi connectivity index (χ0) is 12.5. The summed E-state index contributed by atoms with van der Waals surface area (Å²) in [5.74, 6) is 1.06. The molecule has 2 N–H and O–H groups in total. The highest BCUT2D eigenvalue weighted by molar-refractivity contribution is 5.39. The van der Waals surface area contributed by atoms with Crippen molar-refractivity contribution in [1.29, 1.82) is 0 Å². The average Bonchev–Trinajstić information content (AvgIpc) is 2.25. The van der Waals surface area contributed by atoms with Crippen LogP contribution in [0.1, 0.15) is 44.7 Å². The van der Waals surface area contributed by atoms with Crippen molar-refractivity contribution in [3.05, 3.63) is 29.3 Å². The van der Waals surface area contributed by atoms with Gasteiger partial charge in [0, 0.05) is 6.04 Å². The second-order valence-corrected chi connectivity index (χ2v) is 5.82. The van der Waals surface area contributed by atoms with Crippen molar-refractivity contribution in [2.24, 2.45) is 5.73 Å². The fraction of sp³-hybridized carbons (Fsp3) is 0.600. The third-order valence-electron chi connectivity index (χ3n) is 3.40. The fourth-order valence-electron chi connectivity index (χ4n) is 2.26. The third kappa shape index (κ3) is 3.22. The number of hydrogen-bond acceptors (Lipinski definition) is 2. The summed E-state index contributed by atoms with van der Waals surface area (Å²) in [7, 11) is 0. The lowest BCUT2D eigenvalue weighted by Crippen LogP contribution is -2.32. The molecule has 1 heterocycles. The summed E-state index contributed by atoms with van der Waals surface area (Å²) in [4.78, 5) is 0. The summed E-state index contributed by atoms with van der Waals surface area (Å²) in [5, 5.41) is 0. The topological polar surface area (TPSA) is 35.2 Å². The van der Waals surface area contributed by atoms with Gasteiger partial charge in [0.25, 0.3) is 0 Å². The Kier molecular flexibility index (Phi) is 3.43. The standard InChI is InChI=1S/C15H23NO/c1-11(16)4-5-12-6-7-14-13(10-12)8-9-15(2,3)17-14/h6-7,10-11H,4-5,8-9,16H2,1-3H3/t11-/m0/s1. The second-order valence-electron chi connectivity index (χ2n) is 5.82. The third-order valence-corrected chi connectivity index (χ3v) is 3.40. The van der Waals surface area contributed by atoms with Gasteiger partial charge in [-0.3, -0.25) is 0 Å². The number of rotatable bonds is 3. The highest BCUT2D eigenvalue weighted by Gasteiger charge is 2.26. The Labute approximate surface area is 104 Å². The largest absolute Gasteiger partial charge is 0.488 e. The van der Waals surface area contributed by atoms with E-state index in [1.54, 1.807) is 0 Å². The molecular weight excluding hydrogens is 210 g/mol. The molecule has 0 unspecified atom stereocenters. The van der Waals surface area contributed by atoms with E-state index in [1.807, 2.05) is 0 Å². The summed E-state index contributed by atoms with van der Waals surface area (Å²) in [6.45, 7) is 6.37. The highest BCUT2D eigenvalue weighted by atomic mass is 16.5. The van der Waals surface area contributed by atoms with Crippen LogP contribution in [0.2, 0.25) is 0 Å². The molecule has 0 radical (unpaired) electrons. The van der Waals surface area contributed by atoms with Gasteiger partial charge in [0.05, 0.1) is 0 Å². The molecule has 0 aliphatic carbocycles. The van der Waals surface area contributed by atoms with E-state index in [0.29, 0.717) is 0 Å². The van der Waals surface area contributed by atoms with Crippen LogP contribution < -0.4 is 10.5 Å². The summed E-state index contributed by atoms with van der Waals surface area (Å²) >= 11 is 0. The summed E-state index contributed by atoms with van der Waals surface area (Å²) in [6.07, 6.45) is 4.32. The number of benzene rings is 1. The maximum absolute atomic E-state index is 5.98. The molecule has 1 aliphatic rings. The molecule has 0 bridgehead atoms. The molecule has 0 amide bonds. The Morgan fingerprint density at radius 3 is 2.88 bits per heavy atom. The normalized spacial score (nSPS) is 19.3. The summed E-state index contributed by atoms with van der Waals surface area (Å²) < 4.78 is 5.98. The van der Waals surface area contributed by atoms with Gasteiger partial charge < -0.3 is 10.5 Å². The lowest BCUT2D eigenvalue weighted by molar-refractivity contribution is 0.0846.